The fourth-order valence-electron chi connectivity index (χ4n) is 2.60. The summed E-state index contributed by atoms with van der Waals surface area (Å²) in [5.74, 6) is 0.574. The second kappa shape index (κ2) is 6.17. The fraction of sp³-hybridized carbons (Fsp3) is 0.571. The Hall–Kier alpha value is -1.74. The predicted molar refractivity (Wildman–Crippen MR) is 77.3 cm³/mol. The third-order valence-electron chi connectivity index (χ3n) is 3.77. The van der Waals surface area contributed by atoms with Crippen LogP contribution >= 0.6 is 0 Å². The molecular formula is C14H19N3O5. The minimum absolute atomic E-state index is 0.372. The first-order valence-corrected chi connectivity index (χ1v) is 7.25. The highest BCUT2D eigenvalue weighted by atomic mass is 16.6. The number of aromatic nitrogens is 2. The number of aliphatic hydroxyl groups excluding tert-OH is 3. The second-order valence-corrected chi connectivity index (χ2v) is 5.28. The van der Waals surface area contributed by atoms with Crippen molar-refractivity contribution >= 4 is 16.9 Å². The van der Waals surface area contributed by atoms with Gasteiger partial charge in [0.2, 0.25) is 0 Å². The van der Waals surface area contributed by atoms with Crippen LogP contribution in [-0.4, -0.2) is 56.8 Å². The fourth-order valence-corrected chi connectivity index (χ4v) is 2.60. The predicted octanol–water partition coefficient (Wildman–Crippen LogP) is 0.199. The molecule has 22 heavy (non-hydrogen) atoms. The minimum atomic E-state index is -1.15. The van der Waals surface area contributed by atoms with E-state index in [-0.39, 0.29) is 6.61 Å². The van der Waals surface area contributed by atoms with Gasteiger partial charge in [0.05, 0.1) is 12.9 Å². The van der Waals surface area contributed by atoms with Crippen LogP contribution in [0.5, 0.6) is 0 Å². The molecule has 0 saturated carbocycles. The molecule has 1 fully saturated rings. The van der Waals surface area contributed by atoms with Crippen LogP contribution in [0.25, 0.3) is 11.1 Å². The van der Waals surface area contributed by atoms with Gasteiger partial charge in [-0.25, -0.2) is 9.97 Å². The summed E-state index contributed by atoms with van der Waals surface area (Å²) >= 11 is 0. The molecule has 4 atom stereocenters. The molecule has 0 spiro atoms. The van der Waals surface area contributed by atoms with Crippen LogP contribution < -0.4 is 5.32 Å². The summed E-state index contributed by atoms with van der Waals surface area (Å²) < 4.78 is 11.0. The highest BCUT2D eigenvalue weighted by Gasteiger charge is 2.44. The van der Waals surface area contributed by atoms with Gasteiger partial charge in [-0.15, -0.1) is 0 Å². The molecule has 8 nitrogen and oxygen atoms in total. The van der Waals surface area contributed by atoms with E-state index in [0.717, 1.165) is 13.0 Å². The topological polar surface area (TPSA) is 121 Å². The van der Waals surface area contributed by atoms with Crippen molar-refractivity contribution in [2.24, 2.45) is 0 Å². The van der Waals surface area contributed by atoms with Crippen molar-refractivity contribution < 1.29 is 24.5 Å². The quantitative estimate of drug-likeness (QED) is 0.618. The lowest BCUT2D eigenvalue weighted by Crippen LogP contribution is -2.32. The molecule has 3 heterocycles. The van der Waals surface area contributed by atoms with Gasteiger partial charge in [-0.1, -0.05) is 6.92 Å². The molecule has 3 rings (SSSR count). The molecule has 1 saturated heterocycles. The van der Waals surface area contributed by atoms with Crippen molar-refractivity contribution in [1.29, 1.82) is 0 Å². The number of hydrogen-bond acceptors (Lipinski definition) is 8. The van der Waals surface area contributed by atoms with Crippen LogP contribution in [0.2, 0.25) is 0 Å². The number of hydrogen-bond donors (Lipinski definition) is 4. The molecule has 2 aromatic heterocycles. The van der Waals surface area contributed by atoms with Gasteiger partial charge in [0.15, 0.2) is 11.4 Å². The number of aliphatic hydroxyl groups is 3. The Labute approximate surface area is 126 Å². The molecule has 1 aliphatic heterocycles. The first-order chi connectivity index (χ1) is 10.7. The van der Waals surface area contributed by atoms with Crippen LogP contribution in [0.3, 0.4) is 0 Å². The van der Waals surface area contributed by atoms with Gasteiger partial charge >= 0.3 is 0 Å². The van der Waals surface area contributed by atoms with Crippen LogP contribution in [0, 0.1) is 0 Å². The zero-order chi connectivity index (χ0) is 15.7. The molecule has 2 aromatic rings. The lowest BCUT2D eigenvalue weighted by molar-refractivity contribution is -0.0226. The van der Waals surface area contributed by atoms with E-state index in [1.165, 1.54) is 12.6 Å². The Balaban J connectivity index is 1.95. The number of anilines is 1. The van der Waals surface area contributed by atoms with Crippen LogP contribution in [0.15, 0.2) is 17.0 Å². The number of ether oxygens (including phenoxy) is 1. The van der Waals surface area contributed by atoms with Crippen LogP contribution in [0.1, 0.15) is 25.0 Å². The maximum Gasteiger partial charge on any atom is 0.194 e. The lowest BCUT2D eigenvalue weighted by atomic mass is 10.0. The highest BCUT2D eigenvalue weighted by Crippen LogP contribution is 2.38. The standard InChI is InChI=1S/C14H19N3O5/c1-2-3-15-14-13-9(16-6-17-14)7(5-21-13)12-11(20)10(19)8(4-18)22-12/h5-6,8,10-12,18-20H,2-4H2,1H3,(H,15,16,17)/t8-,10-,11-,12+/m1/s1. The smallest absolute Gasteiger partial charge is 0.194 e. The molecule has 0 amide bonds. The van der Waals surface area contributed by atoms with Crippen molar-refractivity contribution in [3.05, 3.63) is 18.2 Å². The minimum Gasteiger partial charge on any atom is -0.458 e. The van der Waals surface area contributed by atoms with Gasteiger partial charge in [0.25, 0.3) is 0 Å². The SMILES string of the molecule is CCCNc1ncnc2c([C@@H]3O[C@H](CO)[C@@H](O)[C@H]3O)coc12. The van der Waals surface area contributed by atoms with E-state index in [1.807, 2.05) is 6.92 Å². The van der Waals surface area contributed by atoms with Gasteiger partial charge in [-0.05, 0) is 6.42 Å². The normalized spacial score (nSPS) is 28.4. The Morgan fingerprint density at radius 1 is 1.27 bits per heavy atom. The lowest BCUT2D eigenvalue weighted by Gasteiger charge is -2.12. The average Bonchev–Trinajstić information content (AvgIpc) is 3.08. The molecular weight excluding hydrogens is 290 g/mol. The maximum atomic E-state index is 10.1. The first kappa shape index (κ1) is 15.2. The Kier molecular flexibility index (Phi) is 4.25. The van der Waals surface area contributed by atoms with Crippen molar-refractivity contribution in [3.63, 3.8) is 0 Å². The van der Waals surface area contributed by atoms with Gasteiger partial charge < -0.3 is 29.8 Å². The van der Waals surface area contributed by atoms with Crippen molar-refractivity contribution in [2.45, 2.75) is 37.8 Å². The zero-order valence-corrected chi connectivity index (χ0v) is 12.1. The molecule has 0 unspecified atom stereocenters. The highest BCUT2D eigenvalue weighted by molar-refractivity contribution is 5.86. The average molecular weight is 309 g/mol. The summed E-state index contributed by atoms with van der Waals surface area (Å²) in [4.78, 5) is 8.33. The number of rotatable bonds is 5. The summed E-state index contributed by atoms with van der Waals surface area (Å²) in [7, 11) is 0. The number of fused-ring (bicyclic) bond motifs is 1. The summed E-state index contributed by atoms with van der Waals surface area (Å²) in [6, 6.07) is 0. The van der Waals surface area contributed by atoms with Crippen molar-refractivity contribution in [1.82, 2.24) is 9.97 Å². The van der Waals surface area contributed by atoms with Crippen LogP contribution in [-0.2, 0) is 4.74 Å². The Morgan fingerprint density at radius 3 is 2.77 bits per heavy atom. The monoisotopic (exact) mass is 309 g/mol. The van der Waals surface area contributed by atoms with Gasteiger partial charge in [0, 0.05) is 12.1 Å². The molecule has 0 aliphatic carbocycles. The number of nitrogens with one attached hydrogen (secondary N) is 1. The molecule has 0 bridgehead atoms. The zero-order valence-electron chi connectivity index (χ0n) is 12.1. The van der Waals surface area contributed by atoms with Crippen LogP contribution in [0.4, 0.5) is 5.82 Å². The summed E-state index contributed by atoms with van der Waals surface area (Å²) in [6.07, 6.45) is -0.156. The molecule has 1 aliphatic rings. The van der Waals surface area contributed by atoms with E-state index >= 15 is 0 Å². The van der Waals surface area contributed by atoms with Gasteiger partial charge in [-0.2, -0.15) is 0 Å². The summed E-state index contributed by atoms with van der Waals surface area (Å²) in [5, 5.41) is 32.3. The molecule has 8 heteroatoms. The third kappa shape index (κ3) is 2.44. The first-order valence-electron chi connectivity index (χ1n) is 7.25. The molecule has 120 valence electrons. The Bertz CT molecular complexity index is 646. The van der Waals surface area contributed by atoms with Crippen molar-refractivity contribution in [3.8, 4) is 0 Å². The number of furan rings is 1. The van der Waals surface area contributed by atoms with E-state index in [2.05, 4.69) is 15.3 Å². The largest absolute Gasteiger partial charge is 0.458 e. The van der Waals surface area contributed by atoms with E-state index in [1.54, 1.807) is 0 Å². The Morgan fingerprint density at radius 2 is 2.09 bits per heavy atom. The molecule has 0 aromatic carbocycles. The second-order valence-electron chi connectivity index (χ2n) is 5.28. The van der Waals surface area contributed by atoms with E-state index in [9.17, 15) is 10.2 Å². The van der Waals surface area contributed by atoms with E-state index < -0.39 is 24.4 Å². The van der Waals surface area contributed by atoms with E-state index in [4.69, 9.17) is 14.3 Å². The molecule has 0 radical (unpaired) electrons. The third-order valence-corrected chi connectivity index (χ3v) is 3.77. The van der Waals surface area contributed by atoms with E-state index in [0.29, 0.717) is 22.5 Å². The van der Waals surface area contributed by atoms with Gasteiger partial charge in [-0.3, -0.25) is 0 Å². The maximum absolute atomic E-state index is 10.1. The molecule has 4 N–H and O–H groups in total. The van der Waals surface area contributed by atoms with Gasteiger partial charge in [0.1, 0.15) is 36.3 Å². The van der Waals surface area contributed by atoms with Crippen molar-refractivity contribution in [2.75, 3.05) is 18.5 Å². The summed E-state index contributed by atoms with van der Waals surface area (Å²) in [5.41, 5.74) is 1.52. The number of nitrogens with zero attached hydrogens (tertiary/aromatic N) is 2. The summed E-state index contributed by atoms with van der Waals surface area (Å²) in [6.45, 7) is 2.41.